The number of Topliss-reactive ketones (excluding diaryl/α,β-unsaturated/α-hetero) is 1. The summed E-state index contributed by atoms with van der Waals surface area (Å²) in [5.74, 6) is 0.841. The van der Waals surface area contributed by atoms with Crippen LogP contribution in [-0.2, 0) is 11.3 Å². The van der Waals surface area contributed by atoms with Gasteiger partial charge in [-0.25, -0.2) is 0 Å². The normalized spacial score (nSPS) is 27.9. The maximum atomic E-state index is 12.2. The molecule has 1 aliphatic heterocycles. The number of carbonyl (C=O) groups excluding carboxylic acids is 1. The van der Waals surface area contributed by atoms with Gasteiger partial charge in [0.1, 0.15) is 5.78 Å². The Morgan fingerprint density at radius 3 is 2.90 bits per heavy atom. The van der Waals surface area contributed by atoms with Crippen LogP contribution in [0, 0.1) is 12.8 Å². The summed E-state index contributed by atoms with van der Waals surface area (Å²) >= 11 is 0. The first-order valence-corrected chi connectivity index (χ1v) is 8.06. The van der Waals surface area contributed by atoms with E-state index in [-0.39, 0.29) is 0 Å². The van der Waals surface area contributed by atoms with Gasteiger partial charge in [0.2, 0.25) is 0 Å². The molecule has 1 heterocycles. The summed E-state index contributed by atoms with van der Waals surface area (Å²) in [6.07, 6.45) is 6.75. The van der Waals surface area contributed by atoms with Crippen molar-refractivity contribution < 1.29 is 4.79 Å². The third kappa shape index (κ3) is 2.95. The number of aryl methyl sites for hydroxylation is 1. The first-order chi connectivity index (χ1) is 9.74. The molecule has 2 heteroatoms. The van der Waals surface area contributed by atoms with E-state index in [0.29, 0.717) is 17.7 Å². The second-order valence-electron chi connectivity index (χ2n) is 6.49. The van der Waals surface area contributed by atoms with Gasteiger partial charge in [0.15, 0.2) is 0 Å². The number of hydrogen-bond donors (Lipinski definition) is 0. The Hall–Kier alpha value is -1.15. The lowest BCUT2D eigenvalue weighted by atomic mass is 9.81. The highest BCUT2D eigenvalue weighted by Gasteiger charge is 2.36. The molecule has 0 radical (unpaired) electrons. The fraction of sp³-hybridized carbons (Fsp3) is 0.611. The van der Waals surface area contributed by atoms with Crippen molar-refractivity contribution in [1.29, 1.82) is 0 Å². The van der Waals surface area contributed by atoms with E-state index >= 15 is 0 Å². The van der Waals surface area contributed by atoms with Crippen molar-refractivity contribution in [1.82, 2.24) is 4.90 Å². The lowest BCUT2D eigenvalue weighted by molar-refractivity contribution is -0.126. The maximum Gasteiger partial charge on any atom is 0.137 e. The summed E-state index contributed by atoms with van der Waals surface area (Å²) in [5, 5.41) is 0. The molecule has 1 aromatic rings. The lowest BCUT2D eigenvalue weighted by Gasteiger charge is -2.33. The molecule has 2 nitrogen and oxygen atoms in total. The Bertz CT molecular complexity index is 482. The quantitative estimate of drug-likeness (QED) is 0.835. The molecule has 2 unspecified atom stereocenters. The van der Waals surface area contributed by atoms with Gasteiger partial charge in [0, 0.05) is 24.9 Å². The van der Waals surface area contributed by atoms with Gasteiger partial charge in [-0.3, -0.25) is 9.69 Å². The number of nitrogens with zero attached hydrogens (tertiary/aromatic N) is 1. The number of benzene rings is 1. The molecular weight excluding hydrogens is 246 g/mol. The van der Waals surface area contributed by atoms with E-state index in [1.807, 2.05) is 0 Å². The second-order valence-corrected chi connectivity index (χ2v) is 6.49. The minimum absolute atomic E-state index is 0.316. The monoisotopic (exact) mass is 271 g/mol. The first-order valence-electron chi connectivity index (χ1n) is 8.06. The molecule has 2 atom stereocenters. The van der Waals surface area contributed by atoms with Gasteiger partial charge >= 0.3 is 0 Å². The zero-order valence-electron chi connectivity index (χ0n) is 12.5. The molecule has 1 saturated heterocycles. The fourth-order valence-electron chi connectivity index (χ4n) is 3.97. The summed E-state index contributed by atoms with van der Waals surface area (Å²) < 4.78 is 0. The molecule has 3 rings (SSSR count). The molecular formula is C18H25NO. The Morgan fingerprint density at radius 1 is 1.20 bits per heavy atom. The zero-order valence-corrected chi connectivity index (χ0v) is 12.5. The van der Waals surface area contributed by atoms with Gasteiger partial charge in [-0.15, -0.1) is 0 Å². The highest BCUT2D eigenvalue weighted by Crippen LogP contribution is 2.33. The van der Waals surface area contributed by atoms with Crippen molar-refractivity contribution in [2.45, 2.75) is 58.0 Å². The molecule has 2 aliphatic rings. The molecule has 1 saturated carbocycles. The Kier molecular flexibility index (Phi) is 4.21. The summed E-state index contributed by atoms with van der Waals surface area (Å²) in [7, 11) is 0. The number of rotatable bonds is 3. The first kappa shape index (κ1) is 13.8. The molecule has 0 amide bonds. The minimum atomic E-state index is 0.316. The third-order valence-electron chi connectivity index (χ3n) is 4.95. The van der Waals surface area contributed by atoms with E-state index in [1.165, 1.54) is 30.4 Å². The summed E-state index contributed by atoms with van der Waals surface area (Å²) in [6.45, 7) is 4.31. The van der Waals surface area contributed by atoms with Gasteiger partial charge < -0.3 is 0 Å². The van der Waals surface area contributed by atoms with Crippen LogP contribution >= 0.6 is 0 Å². The number of hydrogen-bond acceptors (Lipinski definition) is 2. The second kappa shape index (κ2) is 6.09. The molecule has 0 bridgehead atoms. The number of carbonyl (C=O) groups is 1. The molecule has 1 aromatic carbocycles. The van der Waals surface area contributed by atoms with Gasteiger partial charge in [0.05, 0.1) is 0 Å². The van der Waals surface area contributed by atoms with Crippen LogP contribution < -0.4 is 0 Å². The Labute approximate surface area is 122 Å². The van der Waals surface area contributed by atoms with E-state index in [0.717, 1.165) is 32.4 Å². The van der Waals surface area contributed by atoms with Crippen LogP contribution in [0.1, 0.15) is 49.7 Å². The summed E-state index contributed by atoms with van der Waals surface area (Å²) in [6, 6.07) is 9.28. The Balaban J connectivity index is 1.70. The van der Waals surface area contributed by atoms with Crippen LogP contribution in [0.3, 0.4) is 0 Å². The molecule has 0 N–H and O–H groups in total. The molecule has 0 aromatic heterocycles. The van der Waals surface area contributed by atoms with E-state index in [1.54, 1.807) is 0 Å². The van der Waals surface area contributed by atoms with Gasteiger partial charge in [-0.1, -0.05) is 36.2 Å². The average Bonchev–Trinajstić information content (AvgIpc) is 2.87. The van der Waals surface area contributed by atoms with Crippen molar-refractivity contribution in [3.05, 3.63) is 35.4 Å². The summed E-state index contributed by atoms with van der Waals surface area (Å²) in [5.41, 5.74) is 2.71. The van der Waals surface area contributed by atoms with Crippen LogP contribution in [0.25, 0.3) is 0 Å². The highest BCUT2D eigenvalue weighted by atomic mass is 16.1. The number of likely N-dealkylation sites (tertiary alicyclic amines) is 1. The van der Waals surface area contributed by atoms with E-state index < -0.39 is 0 Å². The summed E-state index contributed by atoms with van der Waals surface area (Å²) in [4.78, 5) is 14.8. The van der Waals surface area contributed by atoms with Gasteiger partial charge in [-0.2, -0.15) is 0 Å². The molecule has 2 fully saturated rings. The fourth-order valence-corrected chi connectivity index (χ4v) is 3.97. The van der Waals surface area contributed by atoms with Gasteiger partial charge in [-0.05, 0) is 44.7 Å². The molecule has 0 spiro atoms. The Morgan fingerprint density at radius 2 is 2.10 bits per heavy atom. The van der Waals surface area contributed by atoms with Crippen LogP contribution in [0.2, 0.25) is 0 Å². The largest absolute Gasteiger partial charge is 0.299 e. The van der Waals surface area contributed by atoms with Crippen molar-refractivity contribution in [3.8, 4) is 0 Å². The van der Waals surface area contributed by atoms with Crippen LogP contribution in [0.4, 0.5) is 0 Å². The predicted molar refractivity (Wildman–Crippen MR) is 81.6 cm³/mol. The standard InChI is InChI=1S/C18H25NO/c1-14-6-4-7-15(12-14)13-19-11-5-9-17(19)16-8-2-3-10-18(16)20/h4,6-7,12,16-17H,2-3,5,8-11,13H2,1H3. The predicted octanol–water partition coefficient (Wildman–Crippen LogP) is 3.72. The van der Waals surface area contributed by atoms with Crippen molar-refractivity contribution >= 4 is 5.78 Å². The molecule has 108 valence electrons. The van der Waals surface area contributed by atoms with Crippen molar-refractivity contribution in [2.75, 3.05) is 6.54 Å². The van der Waals surface area contributed by atoms with Gasteiger partial charge in [0.25, 0.3) is 0 Å². The van der Waals surface area contributed by atoms with Crippen LogP contribution in [-0.4, -0.2) is 23.3 Å². The topological polar surface area (TPSA) is 20.3 Å². The highest BCUT2D eigenvalue weighted by molar-refractivity contribution is 5.82. The zero-order chi connectivity index (χ0) is 13.9. The number of ketones is 1. The van der Waals surface area contributed by atoms with Crippen molar-refractivity contribution in [2.24, 2.45) is 5.92 Å². The SMILES string of the molecule is Cc1cccc(CN2CCCC2C2CCCCC2=O)c1. The van der Waals surface area contributed by atoms with E-state index in [4.69, 9.17) is 0 Å². The van der Waals surface area contributed by atoms with Crippen LogP contribution in [0.5, 0.6) is 0 Å². The lowest BCUT2D eigenvalue weighted by Crippen LogP contribution is -2.40. The molecule has 1 aliphatic carbocycles. The minimum Gasteiger partial charge on any atom is -0.299 e. The average molecular weight is 271 g/mol. The van der Waals surface area contributed by atoms with E-state index in [9.17, 15) is 4.79 Å². The van der Waals surface area contributed by atoms with Crippen LogP contribution in [0.15, 0.2) is 24.3 Å². The maximum absolute atomic E-state index is 12.2. The molecule has 20 heavy (non-hydrogen) atoms. The van der Waals surface area contributed by atoms with E-state index in [2.05, 4.69) is 36.1 Å². The smallest absolute Gasteiger partial charge is 0.137 e. The van der Waals surface area contributed by atoms with Crippen molar-refractivity contribution in [3.63, 3.8) is 0 Å². The third-order valence-corrected chi connectivity index (χ3v) is 4.95.